The van der Waals surface area contributed by atoms with Crippen LogP contribution in [0.2, 0.25) is 0 Å². The average Bonchev–Trinajstić information content (AvgIpc) is 2.89. The van der Waals surface area contributed by atoms with Gasteiger partial charge in [0.05, 0.1) is 7.11 Å². The van der Waals surface area contributed by atoms with Crippen molar-refractivity contribution in [2.45, 2.75) is 51.1 Å². The Kier molecular flexibility index (Phi) is 9.86. The molecule has 5 rings (SSSR count). The molecule has 1 aromatic carbocycles. The van der Waals surface area contributed by atoms with Crippen LogP contribution in [-0.4, -0.2) is 76.9 Å². The summed E-state index contributed by atoms with van der Waals surface area (Å²) in [4.78, 5) is 30.9. The summed E-state index contributed by atoms with van der Waals surface area (Å²) in [7, 11) is 1.75. The minimum Gasteiger partial charge on any atom is -0.497 e. The number of aromatic nitrogens is 2. The fourth-order valence-corrected chi connectivity index (χ4v) is 6.17. The lowest BCUT2D eigenvalue weighted by atomic mass is 9.71. The Bertz CT molecular complexity index is 1000. The highest BCUT2D eigenvalue weighted by atomic mass is 16.5. The maximum absolute atomic E-state index is 8.36. The number of hydrogen-bond acceptors (Lipinski definition) is 8. The van der Waals surface area contributed by atoms with Crippen molar-refractivity contribution in [3.8, 4) is 5.75 Å². The van der Waals surface area contributed by atoms with Crippen molar-refractivity contribution in [2.24, 2.45) is 11.8 Å². The monoisotopic (exact) mass is 499 g/mol. The van der Waals surface area contributed by atoms with Crippen LogP contribution in [0.4, 0.5) is 11.8 Å². The van der Waals surface area contributed by atoms with Gasteiger partial charge < -0.3 is 25.6 Å². The third-order valence-corrected chi connectivity index (χ3v) is 7.46. The Morgan fingerprint density at radius 2 is 1.89 bits per heavy atom. The first-order chi connectivity index (χ1) is 17.4. The number of nitrogen functional groups attached to an aromatic ring is 1. The molecule has 36 heavy (non-hydrogen) atoms. The maximum atomic E-state index is 8.36. The highest BCUT2D eigenvalue weighted by Gasteiger charge is 2.47. The summed E-state index contributed by atoms with van der Waals surface area (Å²) in [6.45, 7) is 4.97. The van der Waals surface area contributed by atoms with Crippen LogP contribution in [-0.2, 0) is 16.0 Å². The highest BCUT2D eigenvalue weighted by molar-refractivity contribution is 5.49. The first kappa shape index (κ1) is 27.2. The Labute approximate surface area is 212 Å². The van der Waals surface area contributed by atoms with Crippen LogP contribution in [0.25, 0.3) is 0 Å². The molecule has 3 saturated heterocycles. The smallest absolute Gasteiger partial charge is 0.290 e. The summed E-state index contributed by atoms with van der Waals surface area (Å²) >= 11 is 0. The fraction of sp³-hybridized carbons (Fsp3) is 0.538. The molecule has 2 bridgehead atoms. The van der Waals surface area contributed by atoms with E-state index < -0.39 is 0 Å². The molecule has 4 atom stereocenters. The number of fused-ring (bicyclic) bond motifs is 4. The summed E-state index contributed by atoms with van der Waals surface area (Å²) in [6, 6.07) is 9.88. The number of carbonyl (C=O) groups is 2. The van der Waals surface area contributed by atoms with Gasteiger partial charge in [-0.25, -0.2) is 4.98 Å². The second-order valence-corrected chi connectivity index (χ2v) is 9.53. The number of hydrogen-bond donors (Lipinski definition) is 3. The van der Waals surface area contributed by atoms with Crippen LogP contribution in [0, 0.1) is 18.8 Å². The number of methoxy groups -OCH3 is 1. The van der Waals surface area contributed by atoms with Crippen molar-refractivity contribution in [3.05, 3.63) is 41.6 Å². The molecule has 0 radical (unpaired) electrons. The van der Waals surface area contributed by atoms with Gasteiger partial charge in [0.15, 0.2) is 0 Å². The third-order valence-electron chi connectivity index (χ3n) is 7.46. The predicted molar refractivity (Wildman–Crippen MR) is 137 cm³/mol. The Morgan fingerprint density at radius 3 is 2.61 bits per heavy atom. The highest BCUT2D eigenvalue weighted by Crippen LogP contribution is 2.43. The number of piperidine rings is 3. The molecular formula is C26H37N5O5. The molecule has 0 amide bonds. The van der Waals surface area contributed by atoms with Crippen molar-refractivity contribution in [1.29, 1.82) is 0 Å². The zero-order chi connectivity index (χ0) is 26.1. The van der Waals surface area contributed by atoms with E-state index in [0.29, 0.717) is 29.9 Å². The SMILES string of the molecule is COc1cccc(C[C@H]2[C@H]3C[C@H](CN(c4nc(N)ncc4C)C3)[C@@H]3CCCCN32)c1.O=CO.O=CO. The molecule has 0 saturated carbocycles. The van der Waals surface area contributed by atoms with Gasteiger partial charge in [-0.15, -0.1) is 0 Å². The van der Waals surface area contributed by atoms with Gasteiger partial charge in [0.2, 0.25) is 5.95 Å². The van der Waals surface area contributed by atoms with Crippen molar-refractivity contribution in [3.63, 3.8) is 0 Å². The minimum atomic E-state index is -0.250. The molecule has 0 unspecified atom stereocenters. The van der Waals surface area contributed by atoms with Gasteiger partial charge in [0.1, 0.15) is 11.6 Å². The lowest BCUT2D eigenvalue weighted by molar-refractivity contribution is -0.123. The van der Waals surface area contributed by atoms with E-state index in [9.17, 15) is 0 Å². The largest absolute Gasteiger partial charge is 0.497 e. The van der Waals surface area contributed by atoms with Gasteiger partial charge in [-0.3, -0.25) is 14.5 Å². The number of carboxylic acid groups (broad SMARTS) is 2. The van der Waals surface area contributed by atoms with E-state index in [-0.39, 0.29) is 12.9 Å². The van der Waals surface area contributed by atoms with E-state index in [1.165, 1.54) is 37.8 Å². The Morgan fingerprint density at radius 1 is 1.17 bits per heavy atom. The topological polar surface area (TPSA) is 142 Å². The second-order valence-electron chi connectivity index (χ2n) is 9.53. The van der Waals surface area contributed by atoms with Crippen LogP contribution in [0.1, 0.15) is 36.8 Å². The lowest BCUT2D eigenvalue weighted by Crippen LogP contribution is -2.64. The summed E-state index contributed by atoms with van der Waals surface area (Å²) in [6.07, 6.45) is 8.28. The van der Waals surface area contributed by atoms with E-state index >= 15 is 0 Å². The van der Waals surface area contributed by atoms with Gasteiger partial charge in [-0.1, -0.05) is 18.6 Å². The number of benzene rings is 1. The average molecular weight is 500 g/mol. The number of rotatable bonds is 4. The van der Waals surface area contributed by atoms with E-state index in [1.54, 1.807) is 7.11 Å². The molecule has 0 spiro atoms. The molecular weight excluding hydrogens is 462 g/mol. The number of ether oxygens (including phenoxy) is 1. The molecule has 0 aliphatic carbocycles. The zero-order valence-electron chi connectivity index (χ0n) is 21.0. The van der Waals surface area contributed by atoms with Crippen LogP contribution in [0.3, 0.4) is 0 Å². The van der Waals surface area contributed by atoms with Gasteiger partial charge in [0.25, 0.3) is 12.9 Å². The predicted octanol–water partition coefficient (Wildman–Crippen LogP) is 2.70. The first-order valence-electron chi connectivity index (χ1n) is 12.3. The van der Waals surface area contributed by atoms with E-state index in [4.69, 9.17) is 30.3 Å². The standard InChI is InChI=1S/C24H33N5O.2CH2O2/c1-16-13-26-24(25)27-23(16)28-14-18-12-19(15-28)22(29-9-4-3-8-21(18)29)11-17-6-5-7-20(10-17)30-2;2*2-1-3/h5-7,10,13,18-19,21-22H,3-4,8-9,11-12,14-15H2,1-2H3,(H2,25,26,27);2*1H,(H,2,3)/t18-,19+,21+,22+;;/m1../s1. The van der Waals surface area contributed by atoms with Crippen LogP contribution in [0.5, 0.6) is 5.75 Å². The molecule has 1 aromatic heterocycles. The van der Waals surface area contributed by atoms with Crippen LogP contribution < -0.4 is 15.4 Å². The van der Waals surface area contributed by atoms with Crippen LogP contribution in [0.15, 0.2) is 30.5 Å². The van der Waals surface area contributed by atoms with E-state index in [2.05, 4.69) is 44.9 Å². The van der Waals surface area contributed by atoms with Gasteiger partial charge in [-0.05, 0) is 68.7 Å². The summed E-state index contributed by atoms with van der Waals surface area (Å²) < 4.78 is 5.48. The minimum absolute atomic E-state index is 0.250. The lowest BCUT2D eigenvalue weighted by Gasteiger charge is -2.57. The number of nitrogens with zero attached hydrogens (tertiary/aromatic N) is 4. The summed E-state index contributed by atoms with van der Waals surface area (Å²) in [5.74, 6) is 3.70. The molecule has 10 heteroatoms. The number of nitrogens with two attached hydrogens (primary N) is 1. The fourth-order valence-electron chi connectivity index (χ4n) is 6.17. The van der Waals surface area contributed by atoms with E-state index in [1.807, 2.05) is 12.3 Å². The van der Waals surface area contributed by atoms with Crippen molar-refractivity contribution >= 4 is 24.7 Å². The third kappa shape index (κ3) is 6.42. The normalized spacial score (nSPS) is 24.7. The quantitative estimate of drug-likeness (QED) is 0.537. The van der Waals surface area contributed by atoms with Gasteiger partial charge >= 0.3 is 0 Å². The Balaban J connectivity index is 0.000000550. The van der Waals surface area contributed by atoms with Crippen molar-refractivity contribution < 1.29 is 24.5 Å². The zero-order valence-corrected chi connectivity index (χ0v) is 21.0. The molecule has 196 valence electrons. The van der Waals surface area contributed by atoms with Gasteiger partial charge in [-0.2, -0.15) is 4.98 Å². The molecule has 2 aromatic rings. The Hall–Kier alpha value is -3.40. The van der Waals surface area contributed by atoms with Crippen molar-refractivity contribution in [2.75, 3.05) is 37.4 Å². The van der Waals surface area contributed by atoms with Crippen LogP contribution >= 0.6 is 0 Å². The molecule has 3 fully saturated rings. The number of anilines is 2. The maximum Gasteiger partial charge on any atom is 0.290 e. The molecule has 3 aliphatic heterocycles. The number of aryl methyl sites for hydroxylation is 1. The molecule has 3 aliphatic rings. The molecule has 4 N–H and O–H groups in total. The molecule has 4 heterocycles. The first-order valence-corrected chi connectivity index (χ1v) is 12.3. The van der Waals surface area contributed by atoms with Gasteiger partial charge in [0, 0.05) is 36.9 Å². The molecule has 10 nitrogen and oxygen atoms in total. The van der Waals surface area contributed by atoms with E-state index in [0.717, 1.165) is 36.6 Å². The summed E-state index contributed by atoms with van der Waals surface area (Å²) in [5, 5.41) is 13.8. The van der Waals surface area contributed by atoms with Crippen molar-refractivity contribution in [1.82, 2.24) is 14.9 Å². The second kappa shape index (κ2) is 13.1. The summed E-state index contributed by atoms with van der Waals surface area (Å²) in [5.41, 5.74) is 8.44.